The van der Waals surface area contributed by atoms with Crippen molar-refractivity contribution in [3.8, 4) is 0 Å². The first kappa shape index (κ1) is 17.0. The number of hydrogen-bond acceptors (Lipinski definition) is 1. The summed E-state index contributed by atoms with van der Waals surface area (Å²) in [5.74, 6) is 0.278. The lowest BCUT2D eigenvalue weighted by Crippen LogP contribution is -2.22. The number of para-hydroxylation sites is 1. The van der Waals surface area contributed by atoms with E-state index in [0.717, 1.165) is 13.0 Å². The van der Waals surface area contributed by atoms with Crippen LogP contribution in [0.2, 0.25) is 0 Å². The summed E-state index contributed by atoms with van der Waals surface area (Å²) in [5, 5.41) is 4.13. The number of hydrogen-bond donors (Lipinski definition) is 1. The summed E-state index contributed by atoms with van der Waals surface area (Å²) in [6.45, 7) is 7.10. The Morgan fingerprint density at radius 3 is 2.60 bits per heavy atom. The fourth-order valence-electron chi connectivity index (χ4n) is 3.27. The standard InChI is InChI=1S/C22H24N2O/c1-3-18(19-9-5-4-6-10-19)15-24-16-20(13-14-23-17(2)25)21-11-7-8-12-22(21)24/h3-12,16,18H,1,13-15H2,2H3,(H,23,25)/t18-/m1/s1. The third kappa shape index (κ3) is 4.00. The molecule has 0 spiro atoms. The zero-order valence-electron chi connectivity index (χ0n) is 14.6. The van der Waals surface area contributed by atoms with Crippen LogP contribution < -0.4 is 5.32 Å². The molecule has 0 aliphatic rings. The molecule has 0 aliphatic heterocycles. The van der Waals surface area contributed by atoms with Gasteiger partial charge in [-0.05, 0) is 23.6 Å². The smallest absolute Gasteiger partial charge is 0.216 e. The Kier molecular flexibility index (Phi) is 5.34. The van der Waals surface area contributed by atoms with Crippen LogP contribution in [0.3, 0.4) is 0 Å². The molecule has 128 valence electrons. The van der Waals surface area contributed by atoms with Gasteiger partial charge >= 0.3 is 0 Å². The number of allylic oxidation sites excluding steroid dienone is 1. The molecule has 3 heteroatoms. The topological polar surface area (TPSA) is 34.0 Å². The molecule has 3 nitrogen and oxygen atoms in total. The van der Waals surface area contributed by atoms with Crippen LogP contribution in [0.4, 0.5) is 0 Å². The van der Waals surface area contributed by atoms with Crippen molar-refractivity contribution in [3.05, 3.63) is 84.6 Å². The Labute approximate surface area is 149 Å². The molecule has 1 aromatic heterocycles. The molecule has 1 atom stereocenters. The minimum Gasteiger partial charge on any atom is -0.356 e. The minimum atomic E-state index is 0.0135. The van der Waals surface area contributed by atoms with Crippen LogP contribution in [0.1, 0.15) is 24.0 Å². The molecule has 2 aromatic carbocycles. The average Bonchev–Trinajstić information content (AvgIpc) is 2.98. The first-order valence-corrected chi connectivity index (χ1v) is 8.67. The quantitative estimate of drug-likeness (QED) is 0.644. The molecule has 0 fully saturated rings. The molecule has 0 aliphatic carbocycles. The van der Waals surface area contributed by atoms with Gasteiger partial charge in [-0.25, -0.2) is 0 Å². The number of fused-ring (bicyclic) bond motifs is 1. The van der Waals surface area contributed by atoms with E-state index in [9.17, 15) is 4.79 Å². The van der Waals surface area contributed by atoms with Crippen LogP contribution in [0.25, 0.3) is 10.9 Å². The molecule has 1 heterocycles. The van der Waals surface area contributed by atoms with Gasteiger partial charge in [-0.15, -0.1) is 6.58 Å². The molecular weight excluding hydrogens is 308 g/mol. The predicted octanol–water partition coefficient (Wildman–Crippen LogP) is 4.29. The Morgan fingerprint density at radius 1 is 1.16 bits per heavy atom. The number of amides is 1. The summed E-state index contributed by atoms with van der Waals surface area (Å²) in [4.78, 5) is 11.1. The van der Waals surface area contributed by atoms with Gasteiger partial charge in [0.1, 0.15) is 0 Å². The van der Waals surface area contributed by atoms with Crippen molar-refractivity contribution in [1.82, 2.24) is 9.88 Å². The summed E-state index contributed by atoms with van der Waals surface area (Å²) in [7, 11) is 0. The van der Waals surface area contributed by atoms with Crippen LogP contribution in [-0.4, -0.2) is 17.0 Å². The summed E-state index contributed by atoms with van der Waals surface area (Å²) in [6, 6.07) is 18.9. The lowest BCUT2D eigenvalue weighted by molar-refractivity contribution is -0.118. The van der Waals surface area contributed by atoms with Crippen molar-refractivity contribution in [2.45, 2.75) is 25.8 Å². The highest BCUT2D eigenvalue weighted by molar-refractivity contribution is 5.84. The molecule has 0 saturated heterocycles. The molecule has 0 unspecified atom stereocenters. The van der Waals surface area contributed by atoms with Crippen molar-refractivity contribution in [1.29, 1.82) is 0 Å². The third-order valence-electron chi connectivity index (χ3n) is 4.55. The molecule has 0 saturated carbocycles. The fourth-order valence-corrected chi connectivity index (χ4v) is 3.27. The summed E-state index contributed by atoms with van der Waals surface area (Å²) in [6.07, 6.45) is 5.06. The van der Waals surface area contributed by atoms with Crippen molar-refractivity contribution >= 4 is 16.8 Å². The highest BCUT2D eigenvalue weighted by Crippen LogP contribution is 2.26. The van der Waals surface area contributed by atoms with Crippen molar-refractivity contribution < 1.29 is 4.79 Å². The summed E-state index contributed by atoms with van der Waals surface area (Å²) < 4.78 is 2.30. The monoisotopic (exact) mass is 332 g/mol. The number of aromatic nitrogens is 1. The lowest BCUT2D eigenvalue weighted by Gasteiger charge is -2.15. The first-order chi connectivity index (χ1) is 12.2. The first-order valence-electron chi connectivity index (χ1n) is 8.67. The van der Waals surface area contributed by atoms with Crippen LogP contribution in [-0.2, 0) is 17.8 Å². The Hall–Kier alpha value is -2.81. The predicted molar refractivity (Wildman–Crippen MR) is 104 cm³/mol. The van der Waals surface area contributed by atoms with E-state index in [1.807, 2.05) is 12.1 Å². The molecular formula is C22H24N2O. The molecule has 1 N–H and O–H groups in total. The second-order valence-corrected chi connectivity index (χ2v) is 6.31. The second kappa shape index (κ2) is 7.84. The van der Waals surface area contributed by atoms with Crippen LogP contribution >= 0.6 is 0 Å². The van der Waals surface area contributed by atoms with E-state index in [2.05, 4.69) is 71.2 Å². The normalized spacial score (nSPS) is 12.0. The molecule has 1 amide bonds. The van der Waals surface area contributed by atoms with E-state index < -0.39 is 0 Å². The van der Waals surface area contributed by atoms with E-state index in [-0.39, 0.29) is 11.8 Å². The van der Waals surface area contributed by atoms with Crippen LogP contribution in [0, 0.1) is 0 Å². The number of carbonyl (C=O) groups excluding carboxylic acids is 1. The zero-order valence-corrected chi connectivity index (χ0v) is 14.6. The van der Waals surface area contributed by atoms with Gasteiger partial charge in [0, 0.05) is 43.0 Å². The van der Waals surface area contributed by atoms with Gasteiger partial charge in [-0.3, -0.25) is 4.79 Å². The molecule has 25 heavy (non-hydrogen) atoms. The van der Waals surface area contributed by atoms with Crippen LogP contribution in [0.5, 0.6) is 0 Å². The maximum atomic E-state index is 11.1. The van der Waals surface area contributed by atoms with Crippen molar-refractivity contribution in [2.24, 2.45) is 0 Å². The van der Waals surface area contributed by atoms with Crippen LogP contribution in [0.15, 0.2) is 73.4 Å². The van der Waals surface area contributed by atoms with Crippen molar-refractivity contribution in [3.63, 3.8) is 0 Å². The zero-order chi connectivity index (χ0) is 17.6. The van der Waals surface area contributed by atoms with E-state index >= 15 is 0 Å². The highest BCUT2D eigenvalue weighted by atomic mass is 16.1. The Balaban J connectivity index is 1.88. The summed E-state index contributed by atoms with van der Waals surface area (Å²) >= 11 is 0. The SMILES string of the molecule is C=C[C@H](Cn1cc(CCNC(C)=O)c2ccccc21)c1ccccc1. The van der Waals surface area contributed by atoms with E-state index in [4.69, 9.17) is 0 Å². The number of rotatable bonds is 7. The molecule has 3 aromatic rings. The molecule has 0 radical (unpaired) electrons. The third-order valence-corrected chi connectivity index (χ3v) is 4.55. The molecule has 0 bridgehead atoms. The number of nitrogens with zero attached hydrogens (tertiary/aromatic N) is 1. The van der Waals surface area contributed by atoms with Crippen molar-refractivity contribution in [2.75, 3.05) is 6.54 Å². The van der Waals surface area contributed by atoms with Gasteiger partial charge in [-0.2, -0.15) is 0 Å². The minimum absolute atomic E-state index is 0.0135. The number of benzene rings is 2. The molecule has 3 rings (SSSR count). The lowest BCUT2D eigenvalue weighted by atomic mass is 9.99. The Bertz CT molecular complexity index is 864. The van der Waals surface area contributed by atoms with Gasteiger partial charge in [-0.1, -0.05) is 54.6 Å². The van der Waals surface area contributed by atoms with E-state index in [0.29, 0.717) is 6.54 Å². The largest absolute Gasteiger partial charge is 0.356 e. The van der Waals surface area contributed by atoms with E-state index in [1.54, 1.807) is 6.92 Å². The van der Waals surface area contributed by atoms with Gasteiger partial charge in [0.15, 0.2) is 0 Å². The Morgan fingerprint density at radius 2 is 1.88 bits per heavy atom. The highest BCUT2D eigenvalue weighted by Gasteiger charge is 2.13. The number of nitrogens with one attached hydrogen (secondary N) is 1. The van der Waals surface area contributed by atoms with Gasteiger partial charge in [0.2, 0.25) is 5.91 Å². The fraction of sp³-hybridized carbons (Fsp3) is 0.227. The number of carbonyl (C=O) groups is 1. The summed E-state index contributed by atoms with van der Waals surface area (Å²) in [5.41, 5.74) is 3.76. The van der Waals surface area contributed by atoms with Gasteiger partial charge < -0.3 is 9.88 Å². The second-order valence-electron chi connectivity index (χ2n) is 6.31. The maximum Gasteiger partial charge on any atom is 0.216 e. The van der Waals surface area contributed by atoms with E-state index in [1.165, 1.54) is 22.0 Å². The average molecular weight is 332 g/mol. The van der Waals surface area contributed by atoms with Gasteiger partial charge in [0.25, 0.3) is 0 Å². The maximum absolute atomic E-state index is 11.1. The van der Waals surface area contributed by atoms with Gasteiger partial charge in [0.05, 0.1) is 0 Å².